The first-order valence-corrected chi connectivity index (χ1v) is 8.13. The van der Waals surface area contributed by atoms with Gasteiger partial charge in [-0.2, -0.15) is 0 Å². The van der Waals surface area contributed by atoms with E-state index >= 15 is 0 Å². The van der Waals surface area contributed by atoms with Crippen molar-refractivity contribution in [3.8, 4) is 0 Å². The fraction of sp³-hybridized carbons (Fsp3) is 0.533. The number of benzene rings is 1. The molecule has 0 heterocycles. The van der Waals surface area contributed by atoms with Gasteiger partial charge in [-0.15, -0.1) is 0 Å². The Bertz CT molecular complexity index is 444. The molecule has 0 radical (unpaired) electrons. The summed E-state index contributed by atoms with van der Waals surface area (Å²) in [7, 11) is 0. The highest BCUT2D eigenvalue weighted by Gasteiger charge is 2.22. The molecule has 1 N–H and O–H groups in total. The number of carbonyl (C=O) groups is 1. The summed E-state index contributed by atoms with van der Waals surface area (Å²) >= 11 is 6.96. The molecule has 0 aromatic heterocycles. The third-order valence-electron chi connectivity index (χ3n) is 2.87. The molecule has 1 aromatic rings. The molecular weight excluding hydrogens is 370 g/mol. The second-order valence-corrected chi connectivity index (χ2v) is 7.09. The highest BCUT2D eigenvalue weighted by atomic mass is 79.9. The zero-order valence-corrected chi connectivity index (χ0v) is 15.0. The molecule has 19 heavy (non-hydrogen) atoms. The van der Waals surface area contributed by atoms with E-state index in [0.29, 0.717) is 6.04 Å². The summed E-state index contributed by atoms with van der Waals surface area (Å²) in [4.78, 5) is 12.3. The van der Waals surface area contributed by atoms with E-state index in [2.05, 4.69) is 63.2 Å². The first-order valence-electron chi connectivity index (χ1n) is 6.55. The first kappa shape index (κ1) is 16.9. The van der Waals surface area contributed by atoms with Gasteiger partial charge in [0.05, 0.1) is 6.04 Å². The first-order chi connectivity index (χ1) is 8.81. The van der Waals surface area contributed by atoms with Crippen LogP contribution in [-0.2, 0) is 11.2 Å². The van der Waals surface area contributed by atoms with E-state index in [-0.39, 0.29) is 17.7 Å². The van der Waals surface area contributed by atoms with Gasteiger partial charge in [0.25, 0.3) is 0 Å². The Morgan fingerprint density at radius 1 is 1.16 bits per heavy atom. The summed E-state index contributed by atoms with van der Waals surface area (Å²) in [6.07, 6.45) is 0.723. The van der Waals surface area contributed by atoms with Crippen LogP contribution in [0.5, 0.6) is 0 Å². The summed E-state index contributed by atoms with van der Waals surface area (Å²) in [6, 6.07) is 6.30. The van der Waals surface area contributed by atoms with Gasteiger partial charge in [0.1, 0.15) is 0 Å². The summed E-state index contributed by atoms with van der Waals surface area (Å²) in [5, 5.41) is 3.37. The van der Waals surface area contributed by atoms with Gasteiger partial charge in [0.15, 0.2) is 5.78 Å². The lowest BCUT2D eigenvalue weighted by Crippen LogP contribution is -2.44. The third kappa shape index (κ3) is 5.36. The summed E-state index contributed by atoms with van der Waals surface area (Å²) in [6.45, 7) is 8.04. The molecule has 4 heteroatoms. The van der Waals surface area contributed by atoms with Crippen LogP contribution in [0.1, 0.15) is 33.3 Å². The van der Waals surface area contributed by atoms with E-state index in [9.17, 15) is 4.79 Å². The van der Waals surface area contributed by atoms with Gasteiger partial charge in [0.2, 0.25) is 0 Å². The molecule has 0 aliphatic heterocycles. The fourth-order valence-electron chi connectivity index (χ4n) is 1.95. The SMILES string of the molecule is CC(C)NC(Cc1ccc(Br)c(Br)c1)C(=O)C(C)C. The average molecular weight is 391 g/mol. The molecule has 1 aromatic carbocycles. The molecule has 1 unspecified atom stereocenters. The van der Waals surface area contributed by atoms with Crippen molar-refractivity contribution >= 4 is 37.6 Å². The van der Waals surface area contributed by atoms with Crippen molar-refractivity contribution in [2.24, 2.45) is 5.92 Å². The van der Waals surface area contributed by atoms with Gasteiger partial charge in [-0.1, -0.05) is 33.8 Å². The van der Waals surface area contributed by atoms with Crippen LogP contribution in [0.3, 0.4) is 0 Å². The van der Waals surface area contributed by atoms with Crippen molar-refractivity contribution in [2.75, 3.05) is 0 Å². The normalized spacial score (nSPS) is 13.1. The molecule has 0 saturated heterocycles. The Morgan fingerprint density at radius 2 is 1.79 bits per heavy atom. The van der Waals surface area contributed by atoms with Crippen molar-refractivity contribution in [3.05, 3.63) is 32.7 Å². The Kier molecular flexibility index (Phi) is 6.71. The lowest BCUT2D eigenvalue weighted by molar-refractivity contribution is -0.124. The topological polar surface area (TPSA) is 29.1 Å². The number of rotatable bonds is 6. The van der Waals surface area contributed by atoms with Crippen molar-refractivity contribution in [1.29, 1.82) is 0 Å². The van der Waals surface area contributed by atoms with E-state index < -0.39 is 0 Å². The van der Waals surface area contributed by atoms with Gasteiger partial charge in [-0.05, 0) is 56.0 Å². The van der Waals surface area contributed by atoms with E-state index in [1.165, 1.54) is 0 Å². The number of ketones is 1. The third-order valence-corrected chi connectivity index (χ3v) is 4.75. The van der Waals surface area contributed by atoms with Gasteiger partial charge in [-0.3, -0.25) is 4.79 Å². The quantitative estimate of drug-likeness (QED) is 0.782. The molecule has 2 nitrogen and oxygen atoms in total. The maximum atomic E-state index is 12.3. The van der Waals surface area contributed by atoms with Gasteiger partial charge in [0, 0.05) is 20.9 Å². The van der Waals surface area contributed by atoms with Crippen LogP contribution in [0, 0.1) is 5.92 Å². The molecule has 0 amide bonds. The van der Waals surface area contributed by atoms with Crippen LogP contribution >= 0.6 is 31.9 Å². The molecule has 1 atom stereocenters. The zero-order valence-electron chi connectivity index (χ0n) is 11.8. The van der Waals surface area contributed by atoms with Gasteiger partial charge < -0.3 is 5.32 Å². The van der Waals surface area contributed by atoms with Gasteiger partial charge >= 0.3 is 0 Å². The summed E-state index contributed by atoms with van der Waals surface area (Å²) in [5.74, 6) is 0.322. The minimum absolute atomic E-state index is 0.0511. The summed E-state index contributed by atoms with van der Waals surface area (Å²) in [5.41, 5.74) is 1.15. The van der Waals surface area contributed by atoms with Crippen LogP contribution in [0.25, 0.3) is 0 Å². The molecule has 0 aliphatic rings. The minimum Gasteiger partial charge on any atom is -0.305 e. The fourth-order valence-corrected chi connectivity index (χ4v) is 2.62. The summed E-state index contributed by atoms with van der Waals surface area (Å²) < 4.78 is 2.05. The Morgan fingerprint density at radius 3 is 2.26 bits per heavy atom. The lowest BCUT2D eigenvalue weighted by Gasteiger charge is -2.22. The van der Waals surface area contributed by atoms with E-state index in [1.807, 2.05) is 19.9 Å². The predicted octanol–water partition coefficient (Wildman–Crippen LogP) is 4.35. The monoisotopic (exact) mass is 389 g/mol. The van der Waals surface area contributed by atoms with Crippen LogP contribution < -0.4 is 5.32 Å². The Balaban J connectivity index is 2.87. The predicted molar refractivity (Wildman–Crippen MR) is 87.5 cm³/mol. The molecule has 0 aliphatic carbocycles. The smallest absolute Gasteiger partial charge is 0.152 e. The molecule has 1 rings (SSSR count). The molecule has 0 spiro atoms. The van der Waals surface area contributed by atoms with Crippen molar-refractivity contribution < 1.29 is 4.79 Å². The van der Waals surface area contributed by atoms with Crippen LogP contribution in [0.15, 0.2) is 27.1 Å². The standard InChI is InChI=1S/C15H21Br2NO/c1-9(2)15(19)14(18-10(3)4)8-11-5-6-12(16)13(17)7-11/h5-7,9-10,14,18H,8H2,1-4H3. The lowest BCUT2D eigenvalue weighted by atomic mass is 9.95. The molecule has 0 fully saturated rings. The zero-order chi connectivity index (χ0) is 14.6. The second kappa shape index (κ2) is 7.55. The van der Waals surface area contributed by atoms with Crippen LogP contribution in [-0.4, -0.2) is 17.9 Å². The second-order valence-electron chi connectivity index (χ2n) is 5.38. The van der Waals surface area contributed by atoms with Crippen LogP contribution in [0.2, 0.25) is 0 Å². The Hall–Kier alpha value is -0.190. The molecule has 0 bridgehead atoms. The number of hydrogen-bond donors (Lipinski definition) is 1. The highest BCUT2D eigenvalue weighted by Crippen LogP contribution is 2.24. The Labute approximate surface area is 132 Å². The van der Waals surface area contributed by atoms with Crippen LogP contribution in [0.4, 0.5) is 0 Å². The highest BCUT2D eigenvalue weighted by molar-refractivity contribution is 9.13. The average Bonchev–Trinajstić information content (AvgIpc) is 2.31. The number of hydrogen-bond acceptors (Lipinski definition) is 2. The largest absolute Gasteiger partial charge is 0.305 e. The minimum atomic E-state index is -0.118. The maximum Gasteiger partial charge on any atom is 0.152 e. The van der Waals surface area contributed by atoms with E-state index in [0.717, 1.165) is 20.9 Å². The van der Waals surface area contributed by atoms with Gasteiger partial charge in [-0.25, -0.2) is 0 Å². The number of nitrogens with one attached hydrogen (secondary N) is 1. The van der Waals surface area contributed by atoms with E-state index in [1.54, 1.807) is 0 Å². The van der Waals surface area contributed by atoms with Crippen molar-refractivity contribution in [2.45, 2.75) is 46.2 Å². The number of Topliss-reactive ketones (excluding diaryl/α,β-unsaturated/α-hetero) is 1. The number of carbonyl (C=O) groups excluding carboxylic acids is 1. The molecule has 0 saturated carbocycles. The molecule has 106 valence electrons. The van der Waals surface area contributed by atoms with Crippen molar-refractivity contribution in [1.82, 2.24) is 5.32 Å². The molecular formula is C15H21Br2NO. The van der Waals surface area contributed by atoms with E-state index in [4.69, 9.17) is 0 Å². The van der Waals surface area contributed by atoms with Crippen molar-refractivity contribution in [3.63, 3.8) is 0 Å². The maximum absolute atomic E-state index is 12.3. The number of halogens is 2.